The molecular formula is C16H22N4. The zero-order valence-electron chi connectivity index (χ0n) is 12.0. The maximum atomic E-state index is 5.83. The van der Waals surface area contributed by atoms with Crippen molar-refractivity contribution in [1.29, 1.82) is 0 Å². The number of aromatic nitrogens is 1. The molecule has 1 saturated heterocycles. The number of anilines is 1. The highest BCUT2D eigenvalue weighted by Gasteiger charge is 2.16. The molecule has 0 atom stereocenters. The number of nitrogens with two attached hydrogens (primary N) is 1. The van der Waals surface area contributed by atoms with Crippen LogP contribution in [0.2, 0.25) is 0 Å². The summed E-state index contributed by atoms with van der Waals surface area (Å²) in [6.45, 7) is 4.90. The van der Waals surface area contributed by atoms with Gasteiger partial charge in [-0.3, -0.25) is 0 Å². The summed E-state index contributed by atoms with van der Waals surface area (Å²) >= 11 is 0. The Balaban J connectivity index is 2.03. The molecule has 0 saturated carbocycles. The number of benzene rings is 1. The molecule has 1 aromatic heterocycles. The zero-order valence-corrected chi connectivity index (χ0v) is 12.0. The van der Waals surface area contributed by atoms with Crippen molar-refractivity contribution in [2.45, 2.75) is 13.0 Å². The predicted molar refractivity (Wildman–Crippen MR) is 84.0 cm³/mol. The lowest BCUT2D eigenvalue weighted by Crippen LogP contribution is -2.29. The van der Waals surface area contributed by atoms with Crippen LogP contribution in [-0.4, -0.2) is 43.1 Å². The van der Waals surface area contributed by atoms with Gasteiger partial charge in [0, 0.05) is 37.8 Å². The Bertz CT molecular complexity index is 596. The highest BCUT2D eigenvalue weighted by Crippen LogP contribution is 2.27. The molecule has 4 heteroatoms. The molecule has 2 aromatic rings. The molecule has 0 unspecified atom stereocenters. The number of nitrogens with zero attached hydrogens (tertiary/aromatic N) is 3. The molecule has 1 fully saturated rings. The summed E-state index contributed by atoms with van der Waals surface area (Å²) in [6.07, 6.45) is 3.12. The first-order valence-corrected chi connectivity index (χ1v) is 7.30. The Labute approximate surface area is 120 Å². The molecule has 0 amide bonds. The van der Waals surface area contributed by atoms with E-state index in [0.29, 0.717) is 6.54 Å². The van der Waals surface area contributed by atoms with Gasteiger partial charge in [0.2, 0.25) is 0 Å². The van der Waals surface area contributed by atoms with Crippen molar-refractivity contribution in [2.75, 3.05) is 38.1 Å². The molecule has 0 aliphatic carbocycles. The fourth-order valence-electron chi connectivity index (χ4n) is 2.91. The largest absolute Gasteiger partial charge is 0.355 e. The fourth-order valence-corrected chi connectivity index (χ4v) is 2.91. The SMILES string of the molecule is CN1CCCN(c2ncc(CN)c3ccccc23)CC1. The van der Waals surface area contributed by atoms with Gasteiger partial charge in [-0.1, -0.05) is 24.3 Å². The van der Waals surface area contributed by atoms with Gasteiger partial charge < -0.3 is 15.5 Å². The van der Waals surface area contributed by atoms with Crippen LogP contribution in [0.3, 0.4) is 0 Å². The third kappa shape index (κ3) is 2.49. The molecule has 20 heavy (non-hydrogen) atoms. The summed E-state index contributed by atoms with van der Waals surface area (Å²) in [5.74, 6) is 1.10. The predicted octanol–water partition coefficient (Wildman–Crippen LogP) is 1.84. The first kappa shape index (κ1) is 13.3. The third-order valence-electron chi connectivity index (χ3n) is 4.10. The molecule has 4 nitrogen and oxygen atoms in total. The maximum absolute atomic E-state index is 5.83. The summed E-state index contributed by atoms with van der Waals surface area (Å²) in [4.78, 5) is 9.49. The first-order chi connectivity index (χ1) is 9.79. The van der Waals surface area contributed by atoms with Gasteiger partial charge in [0.1, 0.15) is 5.82 Å². The summed E-state index contributed by atoms with van der Waals surface area (Å²) in [5.41, 5.74) is 6.95. The van der Waals surface area contributed by atoms with E-state index in [4.69, 9.17) is 10.7 Å². The molecular weight excluding hydrogens is 248 g/mol. The standard InChI is InChI=1S/C16H22N4/c1-19-7-4-8-20(10-9-19)16-15-6-3-2-5-14(15)13(11-17)12-18-16/h2-3,5-6,12H,4,7-11,17H2,1H3. The van der Waals surface area contributed by atoms with Crippen LogP contribution in [0.4, 0.5) is 5.82 Å². The van der Waals surface area contributed by atoms with Crippen LogP contribution in [0, 0.1) is 0 Å². The van der Waals surface area contributed by atoms with Gasteiger partial charge in [0.15, 0.2) is 0 Å². The summed E-state index contributed by atoms with van der Waals surface area (Å²) in [5, 5.41) is 2.46. The van der Waals surface area contributed by atoms with Gasteiger partial charge in [0.05, 0.1) is 0 Å². The smallest absolute Gasteiger partial charge is 0.136 e. The van der Waals surface area contributed by atoms with Crippen LogP contribution in [0.1, 0.15) is 12.0 Å². The second kappa shape index (κ2) is 5.77. The minimum Gasteiger partial charge on any atom is -0.355 e. The average Bonchev–Trinajstić information content (AvgIpc) is 2.71. The molecule has 106 valence electrons. The van der Waals surface area contributed by atoms with Crippen molar-refractivity contribution in [3.8, 4) is 0 Å². The number of rotatable bonds is 2. The third-order valence-corrected chi connectivity index (χ3v) is 4.10. The van der Waals surface area contributed by atoms with Crippen molar-refractivity contribution in [2.24, 2.45) is 5.73 Å². The normalized spacial score (nSPS) is 17.4. The molecule has 3 rings (SSSR count). The minimum absolute atomic E-state index is 0.538. The van der Waals surface area contributed by atoms with E-state index in [1.807, 2.05) is 6.20 Å². The van der Waals surface area contributed by atoms with E-state index in [1.165, 1.54) is 17.2 Å². The van der Waals surface area contributed by atoms with Crippen LogP contribution < -0.4 is 10.6 Å². The number of likely N-dealkylation sites (N-methyl/N-ethyl adjacent to an activating group) is 1. The Hall–Kier alpha value is -1.65. The number of fused-ring (bicyclic) bond motifs is 1. The van der Waals surface area contributed by atoms with Crippen molar-refractivity contribution >= 4 is 16.6 Å². The molecule has 0 bridgehead atoms. The van der Waals surface area contributed by atoms with E-state index >= 15 is 0 Å². The Morgan fingerprint density at radius 1 is 1.10 bits per heavy atom. The molecule has 0 spiro atoms. The van der Waals surface area contributed by atoms with Gasteiger partial charge in [0.25, 0.3) is 0 Å². The summed E-state index contributed by atoms with van der Waals surface area (Å²) in [6, 6.07) is 8.46. The monoisotopic (exact) mass is 270 g/mol. The van der Waals surface area contributed by atoms with Crippen molar-refractivity contribution < 1.29 is 0 Å². The first-order valence-electron chi connectivity index (χ1n) is 7.30. The lowest BCUT2D eigenvalue weighted by molar-refractivity contribution is 0.360. The van der Waals surface area contributed by atoms with Gasteiger partial charge >= 0.3 is 0 Å². The van der Waals surface area contributed by atoms with Crippen LogP contribution in [0.5, 0.6) is 0 Å². The molecule has 0 radical (unpaired) electrons. The van der Waals surface area contributed by atoms with Gasteiger partial charge in [-0.2, -0.15) is 0 Å². The van der Waals surface area contributed by atoms with Gasteiger partial charge in [-0.15, -0.1) is 0 Å². The van der Waals surface area contributed by atoms with E-state index in [-0.39, 0.29) is 0 Å². The molecule has 2 N–H and O–H groups in total. The molecule has 1 aliphatic rings. The highest BCUT2D eigenvalue weighted by molar-refractivity contribution is 5.94. The number of pyridine rings is 1. The second-order valence-electron chi connectivity index (χ2n) is 5.50. The molecule has 1 aromatic carbocycles. The topological polar surface area (TPSA) is 45.4 Å². The number of hydrogen-bond acceptors (Lipinski definition) is 4. The lowest BCUT2D eigenvalue weighted by atomic mass is 10.1. The Morgan fingerprint density at radius 3 is 2.70 bits per heavy atom. The molecule has 1 aliphatic heterocycles. The lowest BCUT2D eigenvalue weighted by Gasteiger charge is -2.23. The quantitative estimate of drug-likeness (QED) is 0.904. The van der Waals surface area contributed by atoms with Crippen molar-refractivity contribution in [3.05, 3.63) is 36.0 Å². The van der Waals surface area contributed by atoms with Crippen molar-refractivity contribution in [3.63, 3.8) is 0 Å². The summed E-state index contributed by atoms with van der Waals surface area (Å²) < 4.78 is 0. The van der Waals surface area contributed by atoms with E-state index in [0.717, 1.165) is 37.6 Å². The minimum atomic E-state index is 0.538. The van der Waals surface area contributed by atoms with E-state index in [2.05, 4.69) is 41.1 Å². The van der Waals surface area contributed by atoms with Crippen molar-refractivity contribution in [1.82, 2.24) is 9.88 Å². The van der Waals surface area contributed by atoms with Gasteiger partial charge in [-0.25, -0.2) is 4.98 Å². The van der Waals surface area contributed by atoms with E-state index < -0.39 is 0 Å². The van der Waals surface area contributed by atoms with E-state index in [9.17, 15) is 0 Å². The molecule has 2 heterocycles. The zero-order chi connectivity index (χ0) is 13.9. The van der Waals surface area contributed by atoms with E-state index in [1.54, 1.807) is 0 Å². The van der Waals surface area contributed by atoms with Crippen LogP contribution >= 0.6 is 0 Å². The maximum Gasteiger partial charge on any atom is 0.136 e. The average molecular weight is 270 g/mol. The Kier molecular flexibility index (Phi) is 3.85. The van der Waals surface area contributed by atoms with Gasteiger partial charge in [-0.05, 0) is 31.0 Å². The van der Waals surface area contributed by atoms with Crippen LogP contribution in [0.25, 0.3) is 10.8 Å². The second-order valence-corrected chi connectivity index (χ2v) is 5.50. The number of hydrogen-bond donors (Lipinski definition) is 1. The van der Waals surface area contributed by atoms with Crippen LogP contribution in [0.15, 0.2) is 30.5 Å². The Morgan fingerprint density at radius 2 is 1.90 bits per heavy atom. The fraction of sp³-hybridized carbons (Fsp3) is 0.438. The van der Waals surface area contributed by atoms with Crippen LogP contribution in [-0.2, 0) is 6.54 Å². The highest BCUT2D eigenvalue weighted by atomic mass is 15.2. The summed E-state index contributed by atoms with van der Waals surface area (Å²) in [7, 11) is 2.19.